The number of thioether (sulfide) groups is 1. The Balaban J connectivity index is 1.68. The highest BCUT2D eigenvalue weighted by Crippen LogP contribution is 2.41. The number of amides is 1. The first-order valence-corrected chi connectivity index (χ1v) is 12.0. The largest absolute Gasteiger partial charge is 0.362 e. The van der Waals surface area contributed by atoms with Crippen LogP contribution in [0.3, 0.4) is 0 Å². The van der Waals surface area contributed by atoms with Crippen molar-refractivity contribution in [3.63, 3.8) is 0 Å². The van der Waals surface area contributed by atoms with Crippen LogP contribution < -0.4 is 10.2 Å². The Hall–Kier alpha value is -2.79. The van der Waals surface area contributed by atoms with Crippen LogP contribution in [0.25, 0.3) is 11.6 Å². The molecule has 0 bridgehead atoms. The number of nitrogens with one attached hydrogen (secondary N) is 1. The molecule has 2 aromatic rings. The summed E-state index contributed by atoms with van der Waals surface area (Å²) >= 11 is 1.40. The molecule has 4 rings (SSSR count). The van der Waals surface area contributed by atoms with E-state index in [0.717, 1.165) is 29.8 Å². The average molecular weight is 446 g/mol. The molecule has 4 nitrogen and oxygen atoms in total. The summed E-state index contributed by atoms with van der Waals surface area (Å²) in [6, 6.07) is 12.5. The summed E-state index contributed by atoms with van der Waals surface area (Å²) < 4.78 is 0. The van der Waals surface area contributed by atoms with Gasteiger partial charge in [0.05, 0.1) is 16.1 Å². The molecule has 2 aliphatic heterocycles. The lowest BCUT2D eigenvalue weighted by Gasteiger charge is -2.43. The zero-order valence-electron chi connectivity index (χ0n) is 19.7. The van der Waals surface area contributed by atoms with Crippen molar-refractivity contribution >= 4 is 45.9 Å². The summed E-state index contributed by atoms with van der Waals surface area (Å²) in [4.78, 5) is 20.4. The van der Waals surface area contributed by atoms with Gasteiger partial charge in [0, 0.05) is 17.8 Å². The molecule has 0 aromatic heterocycles. The summed E-state index contributed by atoms with van der Waals surface area (Å²) in [5.74, 6) is -0.0977. The topological polar surface area (TPSA) is 44.7 Å². The van der Waals surface area contributed by atoms with Crippen molar-refractivity contribution < 1.29 is 4.79 Å². The van der Waals surface area contributed by atoms with Gasteiger partial charge in [0.25, 0.3) is 5.91 Å². The van der Waals surface area contributed by atoms with E-state index < -0.39 is 0 Å². The number of nitrogens with zero attached hydrogens (tertiary/aromatic N) is 2. The smallest absolute Gasteiger partial charge is 0.264 e. The predicted octanol–water partition coefficient (Wildman–Crippen LogP) is 6.61. The predicted molar refractivity (Wildman–Crippen MR) is 139 cm³/mol. The summed E-state index contributed by atoms with van der Waals surface area (Å²) in [5.41, 5.74) is 8.02. The SMILES string of the molecule is CCCN1c2cc(C)c(/C=C3/SC(=Nc4cccc(C)c4)NC3=O)cc2C(C)=CC1(C)C. The van der Waals surface area contributed by atoms with E-state index in [4.69, 9.17) is 0 Å². The lowest BCUT2D eigenvalue weighted by molar-refractivity contribution is -0.115. The summed E-state index contributed by atoms with van der Waals surface area (Å²) in [5, 5.41) is 3.52. The molecule has 1 fully saturated rings. The monoisotopic (exact) mass is 445 g/mol. The van der Waals surface area contributed by atoms with Gasteiger partial charge >= 0.3 is 0 Å². The van der Waals surface area contributed by atoms with E-state index in [1.807, 2.05) is 37.3 Å². The van der Waals surface area contributed by atoms with Crippen molar-refractivity contribution in [3.8, 4) is 0 Å². The maximum Gasteiger partial charge on any atom is 0.264 e. The van der Waals surface area contributed by atoms with E-state index in [1.54, 1.807) is 0 Å². The molecular formula is C27H31N3OS. The van der Waals surface area contributed by atoms with Crippen molar-refractivity contribution in [2.75, 3.05) is 11.4 Å². The van der Waals surface area contributed by atoms with Crippen LogP contribution in [0.5, 0.6) is 0 Å². The van der Waals surface area contributed by atoms with E-state index in [2.05, 4.69) is 68.0 Å². The normalized spacial score (nSPS) is 19.9. The summed E-state index contributed by atoms with van der Waals surface area (Å²) in [6.45, 7) is 14.1. The Morgan fingerprint density at radius 1 is 1.16 bits per heavy atom. The standard InChI is InChI=1S/C27H31N3OS/c1-7-11-30-23-13-18(3)20(14-22(23)19(4)16-27(30,5)6)15-24-25(31)29-26(32-24)28-21-10-8-9-17(2)12-21/h8-10,12-16H,7,11H2,1-6H3,(H,28,29,31)/b24-15+. The van der Waals surface area contributed by atoms with Crippen molar-refractivity contribution in [3.05, 3.63) is 69.6 Å². The molecular weight excluding hydrogens is 414 g/mol. The number of hydrogen-bond donors (Lipinski definition) is 1. The number of fused-ring (bicyclic) bond motifs is 1. The minimum atomic E-state index is -0.0977. The van der Waals surface area contributed by atoms with Crippen LogP contribution in [0.15, 0.2) is 52.4 Å². The van der Waals surface area contributed by atoms with Crippen molar-refractivity contribution in [2.24, 2.45) is 4.99 Å². The first-order chi connectivity index (χ1) is 15.2. The third kappa shape index (κ3) is 4.40. The molecule has 2 aromatic carbocycles. The van der Waals surface area contributed by atoms with Gasteiger partial charge in [-0.15, -0.1) is 0 Å². The number of hydrogen-bond acceptors (Lipinski definition) is 4. The minimum Gasteiger partial charge on any atom is -0.362 e. The van der Waals surface area contributed by atoms with Gasteiger partial charge in [0.15, 0.2) is 5.17 Å². The number of amidine groups is 1. The fourth-order valence-corrected chi connectivity index (χ4v) is 5.30. The van der Waals surface area contributed by atoms with Crippen LogP contribution in [0.2, 0.25) is 0 Å². The fraction of sp³-hybridized carbons (Fsp3) is 0.333. The van der Waals surface area contributed by atoms with Crippen LogP contribution in [0.1, 0.15) is 56.4 Å². The second-order valence-electron chi connectivity index (χ2n) is 9.18. The Morgan fingerprint density at radius 2 is 1.94 bits per heavy atom. The van der Waals surface area contributed by atoms with E-state index in [-0.39, 0.29) is 11.4 Å². The Kier molecular flexibility index (Phi) is 6.04. The molecule has 2 heterocycles. The second kappa shape index (κ2) is 8.62. The van der Waals surface area contributed by atoms with Crippen molar-refractivity contribution in [2.45, 2.75) is 53.5 Å². The quantitative estimate of drug-likeness (QED) is 0.539. The Morgan fingerprint density at radius 3 is 2.66 bits per heavy atom. The van der Waals surface area contributed by atoms with E-state index in [0.29, 0.717) is 10.1 Å². The molecule has 0 unspecified atom stereocenters. The molecule has 2 aliphatic rings. The van der Waals surface area contributed by atoms with Gasteiger partial charge < -0.3 is 10.2 Å². The maximum atomic E-state index is 12.6. The van der Waals surface area contributed by atoms with E-state index in [9.17, 15) is 4.79 Å². The molecule has 0 spiro atoms. The molecule has 0 saturated carbocycles. The van der Waals surface area contributed by atoms with Crippen molar-refractivity contribution in [1.82, 2.24) is 5.32 Å². The number of aryl methyl sites for hydroxylation is 2. The van der Waals surface area contributed by atoms with Gasteiger partial charge in [0.1, 0.15) is 0 Å². The second-order valence-corrected chi connectivity index (χ2v) is 10.2. The van der Waals surface area contributed by atoms with Gasteiger partial charge in [-0.3, -0.25) is 4.79 Å². The molecule has 1 N–H and O–H groups in total. The van der Waals surface area contributed by atoms with Crippen LogP contribution in [-0.2, 0) is 4.79 Å². The molecule has 32 heavy (non-hydrogen) atoms. The van der Waals surface area contributed by atoms with Gasteiger partial charge in [0.2, 0.25) is 0 Å². The number of benzene rings is 2. The fourth-order valence-electron chi connectivity index (χ4n) is 4.47. The van der Waals surface area contributed by atoms with Gasteiger partial charge in [-0.05, 0) is 105 Å². The van der Waals surface area contributed by atoms with Gasteiger partial charge in [-0.1, -0.05) is 25.1 Å². The van der Waals surface area contributed by atoms with E-state index >= 15 is 0 Å². The molecule has 0 radical (unpaired) electrons. The molecule has 5 heteroatoms. The first-order valence-electron chi connectivity index (χ1n) is 11.2. The molecule has 1 amide bonds. The molecule has 166 valence electrons. The number of carbonyl (C=O) groups is 1. The number of rotatable bonds is 4. The highest BCUT2D eigenvalue weighted by Gasteiger charge is 2.31. The van der Waals surface area contributed by atoms with Crippen LogP contribution in [0.4, 0.5) is 11.4 Å². The summed E-state index contributed by atoms with van der Waals surface area (Å²) in [7, 11) is 0. The van der Waals surface area contributed by atoms with E-state index in [1.165, 1.54) is 34.1 Å². The van der Waals surface area contributed by atoms with Crippen LogP contribution in [0, 0.1) is 13.8 Å². The zero-order chi connectivity index (χ0) is 23.0. The third-order valence-corrected chi connectivity index (χ3v) is 6.89. The number of carbonyl (C=O) groups excluding carboxylic acids is 1. The summed E-state index contributed by atoms with van der Waals surface area (Å²) in [6.07, 6.45) is 5.44. The Labute approximate surface area is 195 Å². The highest BCUT2D eigenvalue weighted by atomic mass is 32.2. The third-order valence-electron chi connectivity index (χ3n) is 5.98. The van der Waals surface area contributed by atoms with Crippen molar-refractivity contribution in [1.29, 1.82) is 0 Å². The number of allylic oxidation sites excluding steroid dienone is 1. The number of anilines is 1. The van der Waals surface area contributed by atoms with Crippen LogP contribution >= 0.6 is 11.8 Å². The number of aliphatic imine (C=N–C) groups is 1. The lowest BCUT2D eigenvalue weighted by atomic mass is 9.86. The zero-order valence-corrected chi connectivity index (χ0v) is 20.6. The molecule has 0 atom stereocenters. The maximum absolute atomic E-state index is 12.6. The first kappa shape index (κ1) is 22.4. The Bertz CT molecular complexity index is 1170. The average Bonchev–Trinajstić information content (AvgIpc) is 3.04. The molecule has 0 aliphatic carbocycles. The lowest BCUT2D eigenvalue weighted by Crippen LogP contribution is -2.45. The van der Waals surface area contributed by atoms with Gasteiger partial charge in [-0.2, -0.15) is 0 Å². The van der Waals surface area contributed by atoms with Crippen LogP contribution in [-0.4, -0.2) is 23.2 Å². The van der Waals surface area contributed by atoms with Gasteiger partial charge in [-0.25, -0.2) is 4.99 Å². The highest BCUT2D eigenvalue weighted by molar-refractivity contribution is 8.18. The minimum absolute atomic E-state index is 0.0120. The molecule has 1 saturated heterocycles.